The minimum atomic E-state index is -1.07. The van der Waals surface area contributed by atoms with Crippen LogP contribution in [0.15, 0.2) is 24.3 Å². The number of benzene rings is 2. The average Bonchev–Trinajstić information content (AvgIpc) is 2.51. The summed E-state index contributed by atoms with van der Waals surface area (Å²) >= 11 is 0. The van der Waals surface area contributed by atoms with Crippen molar-refractivity contribution in [2.75, 3.05) is 13.2 Å². The van der Waals surface area contributed by atoms with Crippen molar-refractivity contribution in [3.63, 3.8) is 0 Å². The molecule has 0 aliphatic rings. The SMILES string of the molecule is Cc1cc(C)c(OCC(=O)O)c(-c2cc(C)cc(C)c2OCC(=O)O)c1. The molecule has 2 N–H and O–H groups in total. The fraction of sp³-hybridized carbons (Fsp3) is 0.300. The smallest absolute Gasteiger partial charge is 0.341 e. The number of carboxylic acid groups (broad SMARTS) is 2. The van der Waals surface area contributed by atoms with Crippen LogP contribution in [0.4, 0.5) is 0 Å². The molecule has 0 amide bonds. The quantitative estimate of drug-likeness (QED) is 0.787. The van der Waals surface area contributed by atoms with E-state index in [9.17, 15) is 9.59 Å². The van der Waals surface area contributed by atoms with Crippen LogP contribution in [0.1, 0.15) is 22.3 Å². The molecule has 2 rings (SSSR count). The van der Waals surface area contributed by atoms with Gasteiger partial charge in [0.25, 0.3) is 0 Å². The number of aliphatic carboxylic acids is 2. The molecule has 0 aliphatic heterocycles. The molecule has 6 heteroatoms. The van der Waals surface area contributed by atoms with Gasteiger partial charge in [-0.1, -0.05) is 12.1 Å². The highest BCUT2D eigenvalue weighted by Crippen LogP contribution is 2.41. The largest absolute Gasteiger partial charge is 0.481 e. The Kier molecular flexibility index (Phi) is 5.87. The second kappa shape index (κ2) is 7.91. The van der Waals surface area contributed by atoms with Crippen molar-refractivity contribution in [1.29, 1.82) is 0 Å². The molecule has 0 saturated heterocycles. The minimum Gasteiger partial charge on any atom is -0.481 e. The molecule has 0 radical (unpaired) electrons. The summed E-state index contributed by atoms with van der Waals surface area (Å²) in [5.74, 6) is -1.25. The maximum absolute atomic E-state index is 10.9. The zero-order chi connectivity index (χ0) is 19.4. The van der Waals surface area contributed by atoms with E-state index < -0.39 is 25.2 Å². The molecule has 0 fully saturated rings. The first kappa shape index (κ1) is 19.3. The lowest BCUT2D eigenvalue weighted by molar-refractivity contribution is -0.140. The summed E-state index contributed by atoms with van der Waals surface area (Å²) in [6.45, 7) is 6.61. The second-order valence-electron chi connectivity index (χ2n) is 6.28. The Bertz CT molecular complexity index is 782. The zero-order valence-corrected chi connectivity index (χ0v) is 15.3. The summed E-state index contributed by atoms with van der Waals surface area (Å²) in [5.41, 5.74) is 4.90. The molecular formula is C20H22O6. The molecule has 0 bridgehead atoms. The lowest BCUT2D eigenvalue weighted by Crippen LogP contribution is -2.12. The first-order valence-corrected chi connectivity index (χ1v) is 8.11. The summed E-state index contributed by atoms with van der Waals surface area (Å²) in [6, 6.07) is 7.57. The first-order chi connectivity index (χ1) is 12.2. The van der Waals surface area contributed by atoms with Crippen molar-refractivity contribution in [2.24, 2.45) is 0 Å². The van der Waals surface area contributed by atoms with Gasteiger partial charge in [0.1, 0.15) is 11.5 Å². The number of carboxylic acids is 2. The van der Waals surface area contributed by atoms with Crippen LogP contribution in [0.5, 0.6) is 11.5 Å². The molecule has 0 atom stereocenters. The third-order valence-electron chi connectivity index (χ3n) is 3.81. The van der Waals surface area contributed by atoms with Crippen LogP contribution in [-0.2, 0) is 9.59 Å². The van der Waals surface area contributed by atoms with E-state index in [1.54, 1.807) is 0 Å². The van der Waals surface area contributed by atoms with Crippen LogP contribution >= 0.6 is 0 Å². The van der Waals surface area contributed by atoms with Gasteiger partial charge in [0, 0.05) is 11.1 Å². The summed E-state index contributed by atoms with van der Waals surface area (Å²) < 4.78 is 11.1. The van der Waals surface area contributed by atoms with Gasteiger partial charge in [-0.25, -0.2) is 9.59 Å². The maximum atomic E-state index is 10.9. The Balaban J connectivity index is 2.66. The molecule has 26 heavy (non-hydrogen) atoms. The predicted molar refractivity (Wildman–Crippen MR) is 97.1 cm³/mol. The number of rotatable bonds is 7. The summed E-state index contributed by atoms with van der Waals surface area (Å²) in [5, 5.41) is 17.9. The van der Waals surface area contributed by atoms with Crippen LogP contribution in [0, 0.1) is 27.7 Å². The van der Waals surface area contributed by atoms with Crippen LogP contribution in [0.25, 0.3) is 11.1 Å². The Morgan fingerprint density at radius 2 is 1.08 bits per heavy atom. The van der Waals surface area contributed by atoms with E-state index in [-0.39, 0.29) is 0 Å². The fourth-order valence-corrected chi connectivity index (χ4v) is 2.96. The van der Waals surface area contributed by atoms with E-state index in [1.807, 2.05) is 52.0 Å². The number of aryl methyl sites for hydroxylation is 4. The third-order valence-corrected chi connectivity index (χ3v) is 3.81. The number of hydrogen-bond acceptors (Lipinski definition) is 4. The standard InChI is InChI=1S/C20H22O6/c1-11-5-13(3)19(25-9-17(21)22)15(7-11)16-8-12(2)6-14(4)20(16)26-10-18(23)24/h5-8H,9-10H2,1-4H3,(H,21,22)(H,23,24). The van der Waals surface area contributed by atoms with Crippen LogP contribution in [-0.4, -0.2) is 35.4 Å². The van der Waals surface area contributed by atoms with E-state index >= 15 is 0 Å². The van der Waals surface area contributed by atoms with Crippen LogP contribution < -0.4 is 9.47 Å². The molecular weight excluding hydrogens is 336 g/mol. The van der Waals surface area contributed by atoms with Crippen molar-refractivity contribution in [1.82, 2.24) is 0 Å². The van der Waals surface area contributed by atoms with Gasteiger partial charge >= 0.3 is 11.9 Å². The highest BCUT2D eigenvalue weighted by molar-refractivity contribution is 5.80. The van der Waals surface area contributed by atoms with Crippen LogP contribution in [0.3, 0.4) is 0 Å². The summed E-state index contributed by atoms with van der Waals surface area (Å²) in [7, 11) is 0. The van der Waals surface area contributed by atoms with Gasteiger partial charge in [0.2, 0.25) is 0 Å². The molecule has 2 aromatic rings. The molecule has 0 aromatic heterocycles. The maximum Gasteiger partial charge on any atom is 0.341 e. The number of carbonyl (C=O) groups is 2. The van der Waals surface area contributed by atoms with Crippen molar-refractivity contribution in [3.05, 3.63) is 46.5 Å². The van der Waals surface area contributed by atoms with Gasteiger partial charge in [0.15, 0.2) is 13.2 Å². The predicted octanol–water partition coefficient (Wildman–Crippen LogP) is 3.51. The van der Waals surface area contributed by atoms with Gasteiger partial charge < -0.3 is 19.7 Å². The Hall–Kier alpha value is -3.02. The molecule has 2 aromatic carbocycles. The molecule has 6 nitrogen and oxygen atoms in total. The summed E-state index contributed by atoms with van der Waals surface area (Å²) in [6.07, 6.45) is 0. The minimum absolute atomic E-state index is 0.447. The number of hydrogen-bond donors (Lipinski definition) is 2. The second-order valence-corrected chi connectivity index (χ2v) is 6.28. The van der Waals surface area contributed by atoms with E-state index in [0.29, 0.717) is 22.6 Å². The third kappa shape index (κ3) is 4.53. The monoisotopic (exact) mass is 358 g/mol. The van der Waals surface area contributed by atoms with Gasteiger partial charge in [-0.3, -0.25) is 0 Å². The van der Waals surface area contributed by atoms with Gasteiger partial charge in [0.05, 0.1) is 0 Å². The lowest BCUT2D eigenvalue weighted by atomic mass is 9.95. The van der Waals surface area contributed by atoms with Gasteiger partial charge in [-0.05, 0) is 62.1 Å². The fourth-order valence-electron chi connectivity index (χ4n) is 2.96. The topological polar surface area (TPSA) is 93.1 Å². The normalized spacial score (nSPS) is 10.5. The molecule has 0 heterocycles. The Morgan fingerprint density at radius 3 is 1.38 bits per heavy atom. The lowest BCUT2D eigenvalue weighted by Gasteiger charge is -2.19. The van der Waals surface area contributed by atoms with Crippen molar-refractivity contribution in [2.45, 2.75) is 27.7 Å². The van der Waals surface area contributed by atoms with E-state index in [1.165, 1.54) is 0 Å². The highest BCUT2D eigenvalue weighted by atomic mass is 16.5. The molecule has 0 spiro atoms. The van der Waals surface area contributed by atoms with Crippen molar-refractivity contribution in [3.8, 4) is 22.6 Å². The molecule has 0 unspecified atom stereocenters. The van der Waals surface area contributed by atoms with Crippen LogP contribution in [0.2, 0.25) is 0 Å². The Morgan fingerprint density at radius 1 is 0.731 bits per heavy atom. The molecule has 138 valence electrons. The van der Waals surface area contributed by atoms with Gasteiger partial charge in [-0.2, -0.15) is 0 Å². The van der Waals surface area contributed by atoms with E-state index in [4.69, 9.17) is 19.7 Å². The van der Waals surface area contributed by atoms with Gasteiger partial charge in [-0.15, -0.1) is 0 Å². The first-order valence-electron chi connectivity index (χ1n) is 8.11. The summed E-state index contributed by atoms with van der Waals surface area (Å²) in [4.78, 5) is 21.9. The van der Waals surface area contributed by atoms with Crippen molar-refractivity contribution < 1.29 is 29.3 Å². The zero-order valence-electron chi connectivity index (χ0n) is 15.3. The average molecular weight is 358 g/mol. The highest BCUT2D eigenvalue weighted by Gasteiger charge is 2.18. The van der Waals surface area contributed by atoms with Crippen molar-refractivity contribution >= 4 is 11.9 Å². The number of ether oxygens (including phenoxy) is 2. The molecule has 0 saturated carbocycles. The molecule has 0 aliphatic carbocycles. The van der Waals surface area contributed by atoms with E-state index in [2.05, 4.69) is 0 Å². The Labute approximate surface area is 152 Å². The van der Waals surface area contributed by atoms with E-state index in [0.717, 1.165) is 22.3 Å².